The molecule has 0 unspecified atom stereocenters. The minimum Gasteiger partial charge on any atom is -0.451 e. The average molecular weight is 329 g/mol. The first-order chi connectivity index (χ1) is 11.1. The van der Waals surface area contributed by atoms with E-state index in [0.717, 1.165) is 16.3 Å². The predicted molar refractivity (Wildman–Crippen MR) is 86.6 cm³/mol. The molecule has 0 spiro atoms. The summed E-state index contributed by atoms with van der Waals surface area (Å²) in [6.07, 6.45) is 2.82. The highest BCUT2D eigenvalue weighted by atomic mass is 32.2. The first-order valence-electron chi connectivity index (χ1n) is 7.13. The fraction of sp³-hybridized carbons (Fsp3) is 0.250. The third-order valence-electron chi connectivity index (χ3n) is 3.35. The quantitative estimate of drug-likeness (QED) is 0.803. The van der Waals surface area contributed by atoms with Crippen LogP contribution in [-0.4, -0.2) is 40.7 Å². The van der Waals surface area contributed by atoms with Crippen LogP contribution in [0.1, 0.15) is 16.2 Å². The second-order valence-corrected chi connectivity index (χ2v) is 6.12. The number of nitrogens with zero attached hydrogens (tertiary/aromatic N) is 3. The lowest BCUT2D eigenvalue weighted by Crippen LogP contribution is -2.38. The van der Waals surface area contributed by atoms with E-state index in [1.807, 2.05) is 24.3 Å². The van der Waals surface area contributed by atoms with Crippen molar-refractivity contribution >= 4 is 29.3 Å². The Hall–Kier alpha value is -2.41. The normalized spacial score (nSPS) is 13.3. The second kappa shape index (κ2) is 6.78. The Morgan fingerprint density at radius 2 is 2.09 bits per heavy atom. The maximum absolute atomic E-state index is 12.4. The van der Waals surface area contributed by atoms with Gasteiger partial charge < -0.3 is 9.64 Å². The number of aromatic nitrogens is 2. The van der Waals surface area contributed by atoms with Gasteiger partial charge in [0.25, 0.3) is 5.91 Å². The van der Waals surface area contributed by atoms with Crippen LogP contribution < -0.4 is 4.90 Å². The molecule has 1 aliphatic heterocycles. The van der Waals surface area contributed by atoms with Gasteiger partial charge in [0.2, 0.25) is 0 Å². The van der Waals surface area contributed by atoms with Gasteiger partial charge in [-0.05, 0) is 19.1 Å². The number of anilines is 1. The summed E-state index contributed by atoms with van der Waals surface area (Å²) in [6.45, 7) is 2.06. The Labute approximate surface area is 137 Å². The van der Waals surface area contributed by atoms with E-state index in [1.165, 1.54) is 12.4 Å². The molecule has 1 amide bonds. The summed E-state index contributed by atoms with van der Waals surface area (Å²) in [5.41, 5.74) is 1.66. The first-order valence-corrected chi connectivity index (χ1v) is 8.11. The van der Waals surface area contributed by atoms with E-state index in [9.17, 15) is 9.59 Å². The van der Waals surface area contributed by atoms with Crippen molar-refractivity contribution in [1.29, 1.82) is 0 Å². The SMILES string of the molecule is Cc1cnc(C(=O)OCC(=O)N2CCSc3ccccc32)cn1. The van der Waals surface area contributed by atoms with Crippen LogP contribution in [0, 0.1) is 6.92 Å². The van der Waals surface area contributed by atoms with E-state index in [0.29, 0.717) is 12.2 Å². The molecular formula is C16H15N3O3S. The number of carbonyl (C=O) groups excluding carboxylic acids is 2. The summed E-state index contributed by atoms with van der Waals surface area (Å²) in [5.74, 6) is -0.0724. The summed E-state index contributed by atoms with van der Waals surface area (Å²) in [6, 6.07) is 7.70. The maximum atomic E-state index is 12.4. The molecule has 0 N–H and O–H groups in total. The molecule has 3 rings (SSSR count). The van der Waals surface area contributed by atoms with Gasteiger partial charge in [-0.15, -0.1) is 11.8 Å². The fourth-order valence-electron chi connectivity index (χ4n) is 2.21. The molecule has 6 nitrogen and oxygen atoms in total. The largest absolute Gasteiger partial charge is 0.451 e. The monoisotopic (exact) mass is 329 g/mol. The van der Waals surface area contributed by atoms with Gasteiger partial charge in [-0.1, -0.05) is 12.1 Å². The molecule has 0 saturated carbocycles. The summed E-state index contributed by atoms with van der Waals surface area (Å²) >= 11 is 1.71. The zero-order chi connectivity index (χ0) is 16.2. The Kier molecular flexibility index (Phi) is 4.57. The maximum Gasteiger partial charge on any atom is 0.359 e. The Morgan fingerprint density at radius 1 is 1.26 bits per heavy atom. The van der Waals surface area contributed by atoms with Crippen LogP contribution in [0.25, 0.3) is 0 Å². The van der Waals surface area contributed by atoms with Gasteiger partial charge in [-0.2, -0.15) is 0 Å². The number of thioether (sulfide) groups is 1. The molecule has 1 aromatic heterocycles. The fourth-order valence-corrected chi connectivity index (χ4v) is 3.20. The van der Waals surface area contributed by atoms with Crippen molar-refractivity contribution in [3.8, 4) is 0 Å². The minimum absolute atomic E-state index is 0.0954. The van der Waals surface area contributed by atoms with Crippen LogP contribution in [0.4, 0.5) is 5.69 Å². The average Bonchev–Trinajstić information content (AvgIpc) is 2.59. The Balaban J connectivity index is 1.64. The molecule has 0 radical (unpaired) electrons. The molecule has 0 aliphatic carbocycles. The molecule has 23 heavy (non-hydrogen) atoms. The Morgan fingerprint density at radius 3 is 2.87 bits per heavy atom. The molecule has 1 aliphatic rings. The molecule has 2 heterocycles. The van der Waals surface area contributed by atoms with E-state index in [2.05, 4.69) is 9.97 Å². The molecule has 118 valence electrons. The third-order valence-corrected chi connectivity index (χ3v) is 4.39. The Bertz CT molecular complexity index is 734. The minimum atomic E-state index is -0.648. The van der Waals surface area contributed by atoms with Crippen LogP contribution in [-0.2, 0) is 9.53 Å². The lowest BCUT2D eigenvalue weighted by molar-refractivity contribution is -0.121. The number of para-hydroxylation sites is 1. The number of aryl methyl sites for hydroxylation is 1. The van der Waals surface area contributed by atoms with Gasteiger partial charge in [-0.3, -0.25) is 9.78 Å². The molecule has 0 saturated heterocycles. The van der Waals surface area contributed by atoms with E-state index in [4.69, 9.17) is 4.74 Å². The van der Waals surface area contributed by atoms with Gasteiger partial charge in [0.1, 0.15) is 0 Å². The summed E-state index contributed by atoms with van der Waals surface area (Å²) in [4.78, 5) is 34.9. The van der Waals surface area contributed by atoms with Gasteiger partial charge in [-0.25, -0.2) is 9.78 Å². The van der Waals surface area contributed by atoms with Crippen molar-refractivity contribution in [2.24, 2.45) is 0 Å². The number of ether oxygens (including phenoxy) is 1. The van der Waals surface area contributed by atoms with E-state index >= 15 is 0 Å². The zero-order valence-electron chi connectivity index (χ0n) is 12.6. The standard InChI is InChI=1S/C16H15N3O3S/c1-11-8-18-12(9-17-11)16(21)22-10-15(20)19-6-7-23-14-5-3-2-4-13(14)19/h2-5,8-9H,6-7,10H2,1H3. The summed E-state index contributed by atoms with van der Waals surface area (Å²) in [5, 5.41) is 0. The number of esters is 1. The van der Waals surface area contributed by atoms with Crippen LogP contribution in [0.5, 0.6) is 0 Å². The summed E-state index contributed by atoms with van der Waals surface area (Å²) < 4.78 is 5.06. The number of carbonyl (C=O) groups is 2. The predicted octanol–water partition coefficient (Wildman–Crippen LogP) is 2.08. The second-order valence-electron chi connectivity index (χ2n) is 4.98. The smallest absolute Gasteiger partial charge is 0.359 e. The van der Waals surface area contributed by atoms with Gasteiger partial charge in [0.15, 0.2) is 12.3 Å². The number of amides is 1. The number of hydrogen-bond acceptors (Lipinski definition) is 6. The van der Waals surface area contributed by atoms with Crippen molar-refractivity contribution < 1.29 is 14.3 Å². The van der Waals surface area contributed by atoms with Gasteiger partial charge in [0.05, 0.1) is 17.6 Å². The van der Waals surface area contributed by atoms with Gasteiger partial charge >= 0.3 is 5.97 Å². The first kappa shape index (κ1) is 15.5. The number of benzene rings is 1. The van der Waals surface area contributed by atoms with Crippen LogP contribution in [0.3, 0.4) is 0 Å². The van der Waals surface area contributed by atoms with E-state index < -0.39 is 5.97 Å². The number of fused-ring (bicyclic) bond motifs is 1. The summed E-state index contributed by atoms with van der Waals surface area (Å²) in [7, 11) is 0. The number of rotatable bonds is 3. The van der Waals surface area contributed by atoms with Crippen LogP contribution in [0.15, 0.2) is 41.6 Å². The molecule has 0 atom stereocenters. The van der Waals surface area contributed by atoms with Crippen molar-refractivity contribution in [2.45, 2.75) is 11.8 Å². The zero-order valence-corrected chi connectivity index (χ0v) is 13.4. The van der Waals surface area contributed by atoms with E-state index in [-0.39, 0.29) is 18.2 Å². The molecule has 1 aromatic carbocycles. The topological polar surface area (TPSA) is 72.4 Å². The highest BCUT2D eigenvalue weighted by Crippen LogP contribution is 2.34. The molecule has 7 heteroatoms. The van der Waals surface area contributed by atoms with Crippen LogP contribution >= 0.6 is 11.8 Å². The van der Waals surface area contributed by atoms with Crippen molar-refractivity contribution in [1.82, 2.24) is 9.97 Å². The lowest BCUT2D eigenvalue weighted by Gasteiger charge is -2.28. The van der Waals surface area contributed by atoms with Crippen molar-refractivity contribution in [2.75, 3.05) is 23.8 Å². The molecule has 0 bridgehead atoms. The van der Waals surface area contributed by atoms with E-state index in [1.54, 1.807) is 23.6 Å². The van der Waals surface area contributed by atoms with Crippen molar-refractivity contribution in [3.05, 3.63) is 48.0 Å². The van der Waals surface area contributed by atoms with Gasteiger partial charge in [0, 0.05) is 23.4 Å². The third kappa shape index (κ3) is 3.50. The molecular weight excluding hydrogens is 314 g/mol. The number of hydrogen-bond donors (Lipinski definition) is 0. The highest BCUT2D eigenvalue weighted by molar-refractivity contribution is 7.99. The lowest BCUT2D eigenvalue weighted by atomic mass is 10.2. The highest BCUT2D eigenvalue weighted by Gasteiger charge is 2.23. The van der Waals surface area contributed by atoms with Crippen molar-refractivity contribution in [3.63, 3.8) is 0 Å². The van der Waals surface area contributed by atoms with Crippen LogP contribution in [0.2, 0.25) is 0 Å². The molecule has 0 fully saturated rings. The molecule has 2 aromatic rings.